The molecule has 8 heteroatoms. The zero-order valence-electron chi connectivity index (χ0n) is 15.8. The van der Waals surface area contributed by atoms with Gasteiger partial charge in [0.1, 0.15) is 5.75 Å². The molecule has 0 bridgehead atoms. The summed E-state index contributed by atoms with van der Waals surface area (Å²) in [4.78, 5) is 25.5. The number of hydrogen-bond donors (Lipinski definition) is 0. The highest BCUT2D eigenvalue weighted by Gasteiger charge is 2.34. The Kier molecular flexibility index (Phi) is 7.65. The molecule has 1 aliphatic heterocycles. The van der Waals surface area contributed by atoms with Crippen molar-refractivity contribution in [3.05, 3.63) is 29.8 Å². The van der Waals surface area contributed by atoms with Gasteiger partial charge in [-0.3, -0.25) is 9.59 Å². The summed E-state index contributed by atoms with van der Waals surface area (Å²) in [5.41, 5.74) is 1.10. The molecule has 1 aliphatic rings. The van der Waals surface area contributed by atoms with Crippen molar-refractivity contribution < 1.29 is 27.5 Å². The van der Waals surface area contributed by atoms with Crippen LogP contribution in [0.15, 0.2) is 24.3 Å². The van der Waals surface area contributed by atoms with Crippen LogP contribution in [0.1, 0.15) is 31.7 Å². The number of aryl methyl sites for hydroxylation is 1. The van der Waals surface area contributed by atoms with E-state index in [4.69, 9.17) is 9.47 Å². The Morgan fingerprint density at radius 3 is 2.70 bits per heavy atom. The van der Waals surface area contributed by atoms with Gasteiger partial charge in [-0.15, -0.1) is 0 Å². The van der Waals surface area contributed by atoms with Gasteiger partial charge in [0.25, 0.3) is 5.91 Å². The molecule has 1 unspecified atom stereocenters. The second-order valence-electron chi connectivity index (χ2n) is 6.67. The summed E-state index contributed by atoms with van der Waals surface area (Å²) < 4.78 is 33.8. The van der Waals surface area contributed by atoms with Crippen LogP contribution in [0.2, 0.25) is 0 Å². The third-order valence-corrected chi connectivity index (χ3v) is 6.20. The summed E-state index contributed by atoms with van der Waals surface area (Å²) in [7, 11) is -3.07. The predicted molar refractivity (Wildman–Crippen MR) is 101 cm³/mol. The first kappa shape index (κ1) is 21.2. The molecule has 1 fully saturated rings. The topological polar surface area (TPSA) is 90.0 Å². The molecule has 1 aromatic carbocycles. The molecule has 1 saturated heterocycles. The summed E-state index contributed by atoms with van der Waals surface area (Å²) in [6.45, 7) is 4.17. The van der Waals surface area contributed by atoms with Gasteiger partial charge >= 0.3 is 5.97 Å². The Labute approximate surface area is 160 Å². The lowest BCUT2D eigenvalue weighted by atomic mass is 10.2. The first-order chi connectivity index (χ1) is 12.8. The van der Waals surface area contributed by atoms with Gasteiger partial charge in [0.15, 0.2) is 16.4 Å². The second kappa shape index (κ2) is 9.73. The third-order valence-electron chi connectivity index (χ3n) is 4.45. The van der Waals surface area contributed by atoms with Gasteiger partial charge in [-0.05, 0) is 44.4 Å². The van der Waals surface area contributed by atoms with E-state index in [1.807, 2.05) is 31.2 Å². The maximum absolute atomic E-state index is 12.3. The van der Waals surface area contributed by atoms with E-state index in [0.717, 1.165) is 11.3 Å². The van der Waals surface area contributed by atoms with Crippen LogP contribution in [0.5, 0.6) is 5.75 Å². The fourth-order valence-corrected chi connectivity index (χ4v) is 4.80. The lowest BCUT2D eigenvalue weighted by Gasteiger charge is -2.26. The molecule has 27 heavy (non-hydrogen) atoms. The third kappa shape index (κ3) is 6.86. The Hall–Kier alpha value is -2.09. The predicted octanol–water partition coefficient (Wildman–Crippen LogP) is 1.73. The number of hydrogen-bond acceptors (Lipinski definition) is 6. The van der Waals surface area contributed by atoms with E-state index in [-0.39, 0.29) is 36.5 Å². The number of carbonyl (C=O) groups is 2. The number of benzene rings is 1. The molecule has 0 aromatic heterocycles. The van der Waals surface area contributed by atoms with Gasteiger partial charge in [0.2, 0.25) is 0 Å². The Bertz CT molecular complexity index is 761. The van der Waals surface area contributed by atoms with E-state index < -0.39 is 15.8 Å². The normalized spacial score (nSPS) is 18.1. The van der Waals surface area contributed by atoms with Crippen molar-refractivity contribution in [2.75, 3.05) is 31.3 Å². The van der Waals surface area contributed by atoms with Gasteiger partial charge in [0, 0.05) is 19.0 Å². The Morgan fingerprint density at radius 2 is 2.07 bits per heavy atom. The number of ether oxygens (including phenoxy) is 2. The molecule has 1 atom stereocenters. The zero-order chi connectivity index (χ0) is 19.9. The molecular formula is C19H27NO6S. The zero-order valence-corrected chi connectivity index (χ0v) is 16.7. The van der Waals surface area contributed by atoms with Crippen LogP contribution in [0.4, 0.5) is 0 Å². The monoisotopic (exact) mass is 397 g/mol. The Morgan fingerprint density at radius 1 is 1.30 bits per heavy atom. The highest BCUT2D eigenvalue weighted by atomic mass is 32.2. The number of rotatable bonds is 9. The number of nitrogens with zero attached hydrogens (tertiary/aromatic N) is 1. The standard InChI is InChI=1S/C19H27NO6S/c1-3-20(16-9-11-27(23,24)14-16)18(21)13-26-19(22)8-5-10-25-17-7-4-6-15(2)12-17/h4,6-7,12,16H,3,5,8-11,13-14H2,1-2H3. The highest BCUT2D eigenvalue weighted by Crippen LogP contribution is 2.18. The average molecular weight is 397 g/mol. The van der Waals surface area contributed by atoms with Crippen molar-refractivity contribution in [2.45, 2.75) is 39.2 Å². The Balaban J connectivity index is 1.67. The van der Waals surface area contributed by atoms with E-state index in [1.165, 1.54) is 4.90 Å². The molecular weight excluding hydrogens is 370 g/mol. The molecule has 0 aliphatic carbocycles. The van der Waals surface area contributed by atoms with E-state index in [1.54, 1.807) is 6.92 Å². The van der Waals surface area contributed by atoms with Crippen molar-refractivity contribution in [3.63, 3.8) is 0 Å². The lowest BCUT2D eigenvalue weighted by molar-refractivity contribution is -0.152. The largest absolute Gasteiger partial charge is 0.494 e. The van der Waals surface area contributed by atoms with Crippen LogP contribution >= 0.6 is 0 Å². The van der Waals surface area contributed by atoms with E-state index in [0.29, 0.717) is 26.0 Å². The molecule has 2 rings (SSSR count). The average Bonchev–Trinajstić information content (AvgIpc) is 2.97. The van der Waals surface area contributed by atoms with E-state index >= 15 is 0 Å². The second-order valence-corrected chi connectivity index (χ2v) is 8.89. The van der Waals surface area contributed by atoms with Crippen molar-refractivity contribution in [3.8, 4) is 5.75 Å². The van der Waals surface area contributed by atoms with E-state index in [9.17, 15) is 18.0 Å². The number of likely N-dealkylation sites (N-methyl/N-ethyl adjacent to an activating group) is 1. The number of amides is 1. The van der Waals surface area contributed by atoms with Gasteiger partial charge in [0.05, 0.1) is 18.1 Å². The lowest BCUT2D eigenvalue weighted by Crippen LogP contribution is -2.43. The summed E-state index contributed by atoms with van der Waals surface area (Å²) >= 11 is 0. The number of esters is 1. The minimum atomic E-state index is -3.07. The maximum Gasteiger partial charge on any atom is 0.306 e. The van der Waals surface area contributed by atoms with Crippen LogP contribution < -0.4 is 4.74 Å². The van der Waals surface area contributed by atoms with Crippen molar-refractivity contribution in [1.82, 2.24) is 4.90 Å². The fraction of sp³-hybridized carbons (Fsp3) is 0.579. The van der Waals surface area contributed by atoms with Gasteiger partial charge in [-0.2, -0.15) is 0 Å². The molecule has 1 heterocycles. The summed E-state index contributed by atoms with van der Waals surface area (Å²) in [5.74, 6) is 0.0119. The van der Waals surface area contributed by atoms with E-state index in [2.05, 4.69) is 0 Å². The van der Waals surface area contributed by atoms with Crippen LogP contribution in [-0.2, 0) is 24.2 Å². The molecule has 1 aromatic rings. The SMILES string of the molecule is CCN(C(=O)COC(=O)CCCOc1cccc(C)c1)C1CCS(=O)(=O)C1. The van der Waals surface area contributed by atoms with Crippen LogP contribution in [0.3, 0.4) is 0 Å². The summed E-state index contributed by atoms with van der Waals surface area (Å²) in [5, 5.41) is 0. The molecule has 0 saturated carbocycles. The highest BCUT2D eigenvalue weighted by molar-refractivity contribution is 7.91. The smallest absolute Gasteiger partial charge is 0.306 e. The maximum atomic E-state index is 12.3. The van der Waals surface area contributed by atoms with Gasteiger partial charge in [-0.25, -0.2) is 8.42 Å². The molecule has 0 radical (unpaired) electrons. The first-order valence-electron chi connectivity index (χ1n) is 9.15. The fourth-order valence-electron chi connectivity index (χ4n) is 3.07. The first-order valence-corrected chi connectivity index (χ1v) is 11.0. The number of carbonyl (C=O) groups excluding carboxylic acids is 2. The van der Waals surface area contributed by atoms with Crippen molar-refractivity contribution in [2.24, 2.45) is 0 Å². The molecule has 150 valence electrons. The minimum absolute atomic E-state index is 0.0170. The molecule has 0 N–H and O–H groups in total. The minimum Gasteiger partial charge on any atom is -0.494 e. The quantitative estimate of drug-likeness (QED) is 0.466. The van der Waals surface area contributed by atoms with Crippen molar-refractivity contribution >= 4 is 21.7 Å². The molecule has 1 amide bonds. The van der Waals surface area contributed by atoms with Gasteiger partial charge in [-0.1, -0.05) is 12.1 Å². The summed E-state index contributed by atoms with van der Waals surface area (Å²) in [6.07, 6.45) is 1.08. The molecule has 7 nitrogen and oxygen atoms in total. The summed E-state index contributed by atoms with van der Waals surface area (Å²) in [6, 6.07) is 7.32. The molecule has 0 spiro atoms. The van der Waals surface area contributed by atoms with Crippen molar-refractivity contribution in [1.29, 1.82) is 0 Å². The van der Waals surface area contributed by atoms with Crippen LogP contribution in [0, 0.1) is 6.92 Å². The van der Waals surface area contributed by atoms with Crippen LogP contribution in [0.25, 0.3) is 0 Å². The number of sulfone groups is 1. The van der Waals surface area contributed by atoms with Gasteiger partial charge < -0.3 is 14.4 Å². The van der Waals surface area contributed by atoms with Crippen LogP contribution in [-0.4, -0.2) is 62.5 Å².